The first kappa shape index (κ1) is 18.1. The number of halogens is 1. The largest absolute Gasteiger partial charge is 0.387 e. The van der Waals surface area contributed by atoms with Gasteiger partial charge in [0.05, 0.1) is 12.6 Å². The zero-order valence-corrected chi connectivity index (χ0v) is 14.2. The van der Waals surface area contributed by atoms with Crippen LogP contribution in [0, 0.1) is 19.7 Å². The van der Waals surface area contributed by atoms with Gasteiger partial charge in [0, 0.05) is 12.2 Å². The molecule has 0 aromatic heterocycles. The van der Waals surface area contributed by atoms with E-state index < -0.39 is 6.10 Å². The van der Waals surface area contributed by atoms with Crippen LogP contribution in [0.2, 0.25) is 0 Å². The smallest absolute Gasteiger partial charge is 0.238 e. The van der Waals surface area contributed by atoms with E-state index in [-0.39, 0.29) is 24.8 Å². The molecule has 0 fully saturated rings. The molecule has 0 radical (unpaired) electrons. The van der Waals surface area contributed by atoms with Crippen molar-refractivity contribution in [3.05, 3.63) is 65.0 Å². The first-order valence-corrected chi connectivity index (χ1v) is 7.85. The Bertz CT molecular complexity index is 681. The molecular weight excluding hydrogens is 307 g/mol. The van der Waals surface area contributed by atoms with Crippen LogP contribution in [0.15, 0.2) is 42.5 Å². The highest BCUT2D eigenvalue weighted by Crippen LogP contribution is 2.19. The van der Waals surface area contributed by atoms with Gasteiger partial charge in [0.2, 0.25) is 5.91 Å². The summed E-state index contributed by atoms with van der Waals surface area (Å²) < 4.78 is 12.9. The van der Waals surface area contributed by atoms with E-state index in [0.717, 1.165) is 16.8 Å². The molecular formula is C19H23FN2O2. The van der Waals surface area contributed by atoms with E-state index in [4.69, 9.17) is 0 Å². The Kier molecular flexibility index (Phi) is 6.06. The van der Waals surface area contributed by atoms with E-state index in [0.29, 0.717) is 5.56 Å². The van der Waals surface area contributed by atoms with E-state index in [1.807, 2.05) is 32.0 Å². The number of hydrogen-bond acceptors (Lipinski definition) is 3. The summed E-state index contributed by atoms with van der Waals surface area (Å²) in [5.74, 6) is -0.478. The Labute approximate surface area is 141 Å². The van der Waals surface area contributed by atoms with Crippen LogP contribution >= 0.6 is 0 Å². The highest BCUT2D eigenvalue weighted by molar-refractivity contribution is 5.93. The minimum atomic E-state index is -0.774. The van der Waals surface area contributed by atoms with Gasteiger partial charge >= 0.3 is 0 Å². The lowest BCUT2D eigenvalue weighted by Crippen LogP contribution is -2.33. The van der Waals surface area contributed by atoms with Gasteiger partial charge < -0.3 is 10.4 Å². The zero-order valence-electron chi connectivity index (χ0n) is 14.2. The van der Waals surface area contributed by atoms with Crippen LogP contribution in [0.3, 0.4) is 0 Å². The van der Waals surface area contributed by atoms with Crippen LogP contribution in [-0.2, 0) is 4.79 Å². The fraction of sp³-hybridized carbons (Fsp3) is 0.316. The second-order valence-corrected chi connectivity index (χ2v) is 6.08. The number of likely N-dealkylation sites (N-methyl/N-ethyl adjacent to an activating group) is 1. The third kappa shape index (κ3) is 4.88. The van der Waals surface area contributed by atoms with Crippen molar-refractivity contribution in [3.63, 3.8) is 0 Å². The van der Waals surface area contributed by atoms with Crippen LogP contribution < -0.4 is 5.32 Å². The summed E-state index contributed by atoms with van der Waals surface area (Å²) in [4.78, 5) is 13.9. The number of aryl methyl sites for hydroxylation is 2. The fourth-order valence-corrected chi connectivity index (χ4v) is 2.59. The number of aliphatic hydroxyl groups excluding tert-OH is 1. The molecule has 1 amide bonds. The highest BCUT2D eigenvalue weighted by Gasteiger charge is 2.14. The molecule has 1 unspecified atom stereocenters. The molecule has 2 aromatic rings. The van der Waals surface area contributed by atoms with Gasteiger partial charge in [-0.05, 0) is 49.7 Å². The average molecular weight is 330 g/mol. The van der Waals surface area contributed by atoms with Crippen LogP contribution in [0.5, 0.6) is 0 Å². The SMILES string of the molecule is Cc1cccc(C)c1NC(=O)CN(C)CC(O)c1ccc(F)cc1. The maximum absolute atomic E-state index is 12.9. The number of aliphatic hydroxyl groups is 1. The van der Waals surface area contributed by atoms with Crippen molar-refractivity contribution in [3.8, 4) is 0 Å². The number of nitrogens with one attached hydrogen (secondary N) is 1. The summed E-state index contributed by atoms with van der Waals surface area (Å²) in [6.07, 6.45) is -0.774. The summed E-state index contributed by atoms with van der Waals surface area (Å²) in [7, 11) is 1.76. The molecule has 4 nitrogen and oxygen atoms in total. The van der Waals surface area contributed by atoms with Gasteiger partial charge in [-0.15, -0.1) is 0 Å². The lowest BCUT2D eigenvalue weighted by atomic mass is 10.1. The molecule has 0 aliphatic rings. The van der Waals surface area contributed by atoms with Gasteiger partial charge in [-0.3, -0.25) is 9.69 Å². The van der Waals surface area contributed by atoms with Crippen molar-refractivity contribution in [1.29, 1.82) is 0 Å². The number of benzene rings is 2. The predicted octanol–water partition coefficient (Wildman–Crippen LogP) is 3.05. The van der Waals surface area contributed by atoms with E-state index in [9.17, 15) is 14.3 Å². The number of nitrogens with zero attached hydrogens (tertiary/aromatic N) is 1. The van der Waals surface area contributed by atoms with Crippen molar-refractivity contribution < 1.29 is 14.3 Å². The fourth-order valence-electron chi connectivity index (χ4n) is 2.59. The molecule has 0 saturated heterocycles. The third-order valence-electron chi connectivity index (χ3n) is 3.90. The minimum Gasteiger partial charge on any atom is -0.387 e. The summed E-state index contributed by atoms with van der Waals surface area (Å²) in [6, 6.07) is 11.6. The van der Waals surface area contributed by atoms with Gasteiger partial charge in [0.15, 0.2) is 0 Å². The molecule has 2 N–H and O–H groups in total. The molecule has 2 aromatic carbocycles. The molecule has 2 rings (SSSR count). The van der Waals surface area contributed by atoms with Gasteiger partial charge in [-0.1, -0.05) is 30.3 Å². The minimum absolute atomic E-state index is 0.138. The number of carbonyl (C=O) groups excluding carboxylic acids is 1. The average Bonchev–Trinajstić information content (AvgIpc) is 2.51. The van der Waals surface area contributed by atoms with E-state index in [2.05, 4.69) is 5.32 Å². The molecule has 0 aliphatic carbocycles. The first-order chi connectivity index (χ1) is 11.4. The molecule has 0 saturated carbocycles. The van der Waals surface area contributed by atoms with Gasteiger partial charge in [0.25, 0.3) is 0 Å². The van der Waals surface area contributed by atoms with Crippen LogP contribution in [0.1, 0.15) is 22.8 Å². The quantitative estimate of drug-likeness (QED) is 0.856. The van der Waals surface area contributed by atoms with Crippen LogP contribution in [0.4, 0.5) is 10.1 Å². The molecule has 24 heavy (non-hydrogen) atoms. The zero-order chi connectivity index (χ0) is 17.7. The maximum Gasteiger partial charge on any atom is 0.238 e. The topological polar surface area (TPSA) is 52.6 Å². The van der Waals surface area contributed by atoms with Crippen molar-refractivity contribution in [1.82, 2.24) is 4.90 Å². The summed E-state index contributed by atoms with van der Waals surface area (Å²) in [6.45, 7) is 4.34. The highest BCUT2D eigenvalue weighted by atomic mass is 19.1. The number of carbonyl (C=O) groups is 1. The second kappa shape index (κ2) is 8.04. The van der Waals surface area contributed by atoms with Crippen molar-refractivity contribution in [2.45, 2.75) is 20.0 Å². The summed E-state index contributed by atoms with van der Waals surface area (Å²) in [5, 5.41) is 13.1. The molecule has 0 aliphatic heterocycles. The van der Waals surface area contributed by atoms with E-state index in [1.54, 1.807) is 24.1 Å². The number of amides is 1. The second-order valence-electron chi connectivity index (χ2n) is 6.08. The maximum atomic E-state index is 12.9. The molecule has 0 spiro atoms. The Balaban J connectivity index is 1.90. The van der Waals surface area contributed by atoms with Crippen molar-refractivity contribution >= 4 is 11.6 Å². The third-order valence-corrected chi connectivity index (χ3v) is 3.90. The lowest BCUT2D eigenvalue weighted by molar-refractivity contribution is -0.117. The van der Waals surface area contributed by atoms with Crippen molar-refractivity contribution in [2.75, 3.05) is 25.5 Å². The van der Waals surface area contributed by atoms with Crippen LogP contribution in [0.25, 0.3) is 0 Å². The normalized spacial score (nSPS) is 12.2. The summed E-state index contributed by atoms with van der Waals surface area (Å²) >= 11 is 0. The number of para-hydroxylation sites is 1. The Morgan fingerprint density at radius 2 is 1.75 bits per heavy atom. The van der Waals surface area contributed by atoms with Gasteiger partial charge in [-0.2, -0.15) is 0 Å². The molecule has 128 valence electrons. The molecule has 0 heterocycles. The van der Waals surface area contributed by atoms with Gasteiger partial charge in [-0.25, -0.2) is 4.39 Å². The Hall–Kier alpha value is -2.24. The lowest BCUT2D eigenvalue weighted by Gasteiger charge is -2.21. The Morgan fingerprint density at radius 1 is 1.17 bits per heavy atom. The number of hydrogen-bond donors (Lipinski definition) is 2. The van der Waals surface area contributed by atoms with Crippen LogP contribution in [-0.4, -0.2) is 36.1 Å². The standard InChI is InChI=1S/C19H23FN2O2/c1-13-5-4-6-14(2)19(13)21-18(24)12-22(3)11-17(23)15-7-9-16(20)10-8-15/h4-10,17,23H,11-12H2,1-3H3,(H,21,24). The van der Waals surface area contributed by atoms with Gasteiger partial charge in [0.1, 0.15) is 5.82 Å². The van der Waals surface area contributed by atoms with E-state index >= 15 is 0 Å². The molecule has 0 bridgehead atoms. The number of rotatable bonds is 6. The first-order valence-electron chi connectivity index (χ1n) is 7.85. The predicted molar refractivity (Wildman–Crippen MR) is 93.4 cm³/mol. The molecule has 5 heteroatoms. The van der Waals surface area contributed by atoms with E-state index in [1.165, 1.54) is 12.1 Å². The monoisotopic (exact) mass is 330 g/mol. The van der Waals surface area contributed by atoms with Crippen molar-refractivity contribution in [2.24, 2.45) is 0 Å². The number of anilines is 1. The summed E-state index contributed by atoms with van der Waals surface area (Å²) in [5.41, 5.74) is 3.48. The molecule has 1 atom stereocenters. The Morgan fingerprint density at radius 3 is 2.33 bits per heavy atom.